The average Bonchev–Trinajstić information content (AvgIpc) is 2.41. The van der Waals surface area contributed by atoms with Gasteiger partial charge >= 0.3 is 5.97 Å². The molecule has 0 aromatic heterocycles. The van der Waals surface area contributed by atoms with Crippen LogP contribution < -0.4 is 5.73 Å². The van der Waals surface area contributed by atoms with Crippen molar-refractivity contribution in [1.82, 2.24) is 0 Å². The van der Waals surface area contributed by atoms with Gasteiger partial charge in [-0.15, -0.1) is 0 Å². The van der Waals surface area contributed by atoms with Crippen LogP contribution in [-0.4, -0.2) is 31.8 Å². The highest BCUT2D eigenvalue weighted by atomic mass is 16.5. The molecule has 1 aliphatic rings. The van der Waals surface area contributed by atoms with Gasteiger partial charge in [0.15, 0.2) is 0 Å². The number of ether oxygens (including phenoxy) is 2. The largest absolute Gasteiger partial charge is 0.462 e. The zero-order valence-electron chi connectivity index (χ0n) is 11.9. The van der Waals surface area contributed by atoms with Crippen LogP contribution in [0.4, 0.5) is 0 Å². The predicted molar refractivity (Wildman–Crippen MR) is 71.2 cm³/mol. The lowest BCUT2D eigenvalue weighted by Gasteiger charge is -2.33. The molecule has 106 valence electrons. The standard InChI is InChI=1S/C14H27NO3/c1-4-14(5-2,10-15)13(16)18-12-8-6-7-11(9-12)17-3/h11-12H,4-10,15H2,1-3H3. The quantitative estimate of drug-likeness (QED) is 0.741. The fourth-order valence-corrected chi connectivity index (χ4v) is 2.61. The van der Waals surface area contributed by atoms with Crippen LogP contribution in [0.1, 0.15) is 52.4 Å². The molecule has 1 rings (SSSR count). The van der Waals surface area contributed by atoms with E-state index in [0.717, 1.165) is 38.5 Å². The van der Waals surface area contributed by atoms with E-state index in [9.17, 15) is 4.79 Å². The van der Waals surface area contributed by atoms with Crippen molar-refractivity contribution in [2.75, 3.05) is 13.7 Å². The highest BCUT2D eigenvalue weighted by molar-refractivity contribution is 5.77. The third-order valence-electron chi connectivity index (χ3n) is 4.36. The third kappa shape index (κ3) is 3.45. The van der Waals surface area contributed by atoms with E-state index in [-0.39, 0.29) is 18.2 Å². The van der Waals surface area contributed by atoms with Crippen LogP contribution in [0.15, 0.2) is 0 Å². The van der Waals surface area contributed by atoms with Gasteiger partial charge in [-0.2, -0.15) is 0 Å². The molecule has 0 spiro atoms. The first-order valence-electron chi connectivity index (χ1n) is 7.05. The van der Waals surface area contributed by atoms with Crippen LogP contribution in [-0.2, 0) is 14.3 Å². The van der Waals surface area contributed by atoms with E-state index in [0.29, 0.717) is 6.54 Å². The van der Waals surface area contributed by atoms with E-state index < -0.39 is 5.41 Å². The summed E-state index contributed by atoms with van der Waals surface area (Å²) in [6.45, 7) is 4.35. The van der Waals surface area contributed by atoms with Crippen LogP contribution in [0.3, 0.4) is 0 Å². The first-order valence-corrected chi connectivity index (χ1v) is 7.05. The molecule has 0 radical (unpaired) electrons. The smallest absolute Gasteiger partial charge is 0.313 e. The minimum Gasteiger partial charge on any atom is -0.462 e. The molecule has 1 saturated carbocycles. The molecule has 0 heterocycles. The molecular formula is C14H27NO3. The highest BCUT2D eigenvalue weighted by Crippen LogP contribution is 2.30. The lowest BCUT2D eigenvalue weighted by Crippen LogP contribution is -2.42. The van der Waals surface area contributed by atoms with Crippen LogP contribution in [0.25, 0.3) is 0 Å². The predicted octanol–water partition coefficient (Wildman–Crippen LogP) is 2.25. The van der Waals surface area contributed by atoms with E-state index in [1.807, 2.05) is 13.8 Å². The summed E-state index contributed by atoms with van der Waals surface area (Å²) >= 11 is 0. The summed E-state index contributed by atoms with van der Waals surface area (Å²) < 4.78 is 11.0. The second-order valence-electron chi connectivity index (χ2n) is 5.24. The van der Waals surface area contributed by atoms with Gasteiger partial charge in [0.1, 0.15) is 6.10 Å². The van der Waals surface area contributed by atoms with Crippen molar-refractivity contribution < 1.29 is 14.3 Å². The first-order chi connectivity index (χ1) is 8.61. The van der Waals surface area contributed by atoms with Gasteiger partial charge in [-0.1, -0.05) is 13.8 Å². The molecule has 1 aliphatic carbocycles. The van der Waals surface area contributed by atoms with Gasteiger partial charge in [0.05, 0.1) is 11.5 Å². The van der Waals surface area contributed by atoms with Gasteiger partial charge in [-0.05, 0) is 32.1 Å². The molecule has 0 aliphatic heterocycles. The van der Waals surface area contributed by atoms with Crippen molar-refractivity contribution in [3.63, 3.8) is 0 Å². The SMILES string of the molecule is CCC(CC)(CN)C(=O)OC1CCCC(OC)C1. The van der Waals surface area contributed by atoms with Crippen molar-refractivity contribution in [2.24, 2.45) is 11.1 Å². The number of methoxy groups -OCH3 is 1. The maximum atomic E-state index is 12.3. The Labute approximate surface area is 110 Å². The Bertz CT molecular complexity index is 256. The highest BCUT2D eigenvalue weighted by Gasteiger charge is 2.37. The zero-order valence-corrected chi connectivity index (χ0v) is 11.9. The number of carbonyl (C=O) groups is 1. The van der Waals surface area contributed by atoms with Crippen molar-refractivity contribution in [1.29, 1.82) is 0 Å². The van der Waals surface area contributed by atoms with Crippen LogP contribution >= 0.6 is 0 Å². The van der Waals surface area contributed by atoms with E-state index >= 15 is 0 Å². The van der Waals surface area contributed by atoms with E-state index in [1.54, 1.807) is 7.11 Å². The minimum atomic E-state index is -0.500. The van der Waals surface area contributed by atoms with Gasteiger partial charge in [0.2, 0.25) is 0 Å². The minimum absolute atomic E-state index is 0.000208. The Morgan fingerprint density at radius 1 is 1.28 bits per heavy atom. The summed E-state index contributed by atoms with van der Waals surface area (Å²) in [6.07, 6.45) is 5.58. The summed E-state index contributed by atoms with van der Waals surface area (Å²) in [7, 11) is 1.72. The molecule has 4 heteroatoms. The Morgan fingerprint density at radius 3 is 2.39 bits per heavy atom. The molecule has 0 saturated heterocycles. The average molecular weight is 257 g/mol. The van der Waals surface area contributed by atoms with Gasteiger partial charge < -0.3 is 15.2 Å². The molecular weight excluding hydrogens is 230 g/mol. The summed E-state index contributed by atoms with van der Waals surface area (Å²) in [5, 5.41) is 0. The van der Waals surface area contributed by atoms with Crippen LogP contribution in [0.5, 0.6) is 0 Å². The maximum Gasteiger partial charge on any atom is 0.313 e. The summed E-state index contributed by atoms with van der Waals surface area (Å²) in [4.78, 5) is 12.3. The van der Waals surface area contributed by atoms with E-state index in [1.165, 1.54) is 0 Å². The van der Waals surface area contributed by atoms with E-state index in [4.69, 9.17) is 15.2 Å². The van der Waals surface area contributed by atoms with Crippen LogP contribution in [0.2, 0.25) is 0 Å². The van der Waals surface area contributed by atoms with Gasteiger partial charge in [-0.3, -0.25) is 4.79 Å². The molecule has 2 N–H and O–H groups in total. The summed E-state index contributed by atoms with van der Waals surface area (Å²) in [5.41, 5.74) is 5.26. The lowest BCUT2D eigenvalue weighted by atomic mass is 9.82. The fraction of sp³-hybridized carbons (Fsp3) is 0.929. The first kappa shape index (κ1) is 15.4. The zero-order chi connectivity index (χ0) is 13.6. The van der Waals surface area contributed by atoms with E-state index in [2.05, 4.69) is 0 Å². The Morgan fingerprint density at radius 2 is 1.89 bits per heavy atom. The Balaban J connectivity index is 2.57. The van der Waals surface area contributed by atoms with Crippen molar-refractivity contribution in [3.05, 3.63) is 0 Å². The third-order valence-corrected chi connectivity index (χ3v) is 4.36. The second kappa shape index (κ2) is 7.10. The van der Waals surface area contributed by atoms with Gasteiger partial charge in [0.25, 0.3) is 0 Å². The normalized spacial score (nSPS) is 24.9. The van der Waals surface area contributed by atoms with Crippen molar-refractivity contribution in [3.8, 4) is 0 Å². The Kier molecular flexibility index (Phi) is 6.09. The molecule has 1 fully saturated rings. The number of carbonyl (C=O) groups excluding carboxylic acids is 1. The number of nitrogens with two attached hydrogens (primary N) is 1. The molecule has 0 aromatic rings. The number of esters is 1. The molecule has 0 amide bonds. The fourth-order valence-electron chi connectivity index (χ4n) is 2.61. The van der Waals surface area contributed by atoms with Crippen molar-refractivity contribution >= 4 is 5.97 Å². The molecule has 2 atom stereocenters. The van der Waals surface area contributed by atoms with Gasteiger partial charge in [0, 0.05) is 20.1 Å². The summed E-state index contributed by atoms with van der Waals surface area (Å²) in [5.74, 6) is -0.128. The molecule has 4 nitrogen and oxygen atoms in total. The summed E-state index contributed by atoms with van der Waals surface area (Å²) in [6, 6.07) is 0. The van der Waals surface area contributed by atoms with Crippen molar-refractivity contribution in [2.45, 2.75) is 64.6 Å². The number of rotatable bonds is 6. The topological polar surface area (TPSA) is 61.6 Å². The maximum absolute atomic E-state index is 12.3. The lowest BCUT2D eigenvalue weighted by molar-refractivity contribution is -0.165. The monoisotopic (exact) mass is 257 g/mol. The molecule has 0 bridgehead atoms. The molecule has 2 unspecified atom stereocenters. The van der Waals surface area contributed by atoms with Gasteiger partial charge in [-0.25, -0.2) is 0 Å². The Hall–Kier alpha value is -0.610. The van der Waals surface area contributed by atoms with Crippen LogP contribution in [0, 0.1) is 5.41 Å². The second-order valence-corrected chi connectivity index (χ2v) is 5.24. The molecule has 18 heavy (non-hydrogen) atoms. The molecule has 0 aromatic carbocycles. The number of hydrogen-bond acceptors (Lipinski definition) is 4. The number of hydrogen-bond donors (Lipinski definition) is 1.